The van der Waals surface area contributed by atoms with Crippen molar-refractivity contribution in [2.45, 2.75) is 51.5 Å². The zero-order valence-corrected chi connectivity index (χ0v) is 12.4. The Morgan fingerprint density at radius 3 is 2.50 bits per heavy atom. The lowest BCUT2D eigenvalue weighted by atomic mass is 10.3. The highest BCUT2D eigenvalue weighted by Crippen LogP contribution is 2.18. The third kappa shape index (κ3) is 5.65. The lowest BCUT2D eigenvalue weighted by Gasteiger charge is -2.20. The van der Waals surface area contributed by atoms with Crippen LogP contribution in [0.25, 0.3) is 0 Å². The van der Waals surface area contributed by atoms with Gasteiger partial charge in [0.2, 0.25) is 0 Å². The normalized spacial score (nSPS) is 17.7. The fourth-order valence-corrected chi connectivity index (χ4v) is 3.40. The molecular formula is C12H27N3O2S. The molecule has 108 valence electrons. The molecule has 0 aliphatic heterocycles. The molecule has 1 aliphatic rings. The van der Waals surface area contributed by atoms with Gasteiger partial charge < -0.3 is 5.32 Å². The maximum absolute atomic E-state index is 12.0. The standard InChI is InChI=1S/C12H27N3O2S/c1-3-9-13-10-6-11-15(2)18(16,17)14-12-7-4-5-8-12/h12-14H,3-11H2,1-2H3. The van der Waals surface area contributed by atoms with E-state index in [1.165, 1.54) is 4.31 Å². The maximum Gasteiger partial charge on any atom is 0.279 e. The summed E-state index contributed by atoms with van der Waals surface area (Å²) in [5.41, 5.74) is 0. The summed E-state index contributed by atoms with van der Waals surface area (Å²) in [4.78, 5) is 0. The first-order valence-electron chi connectivity index (χ1n) is 7.00. The molecule has 1 saturated carbocycles. The van der Waals surface area contributed by atoms with Gasteiger partial charge in [0, 0.05) is 19.6 Å². The Morgan fingerprint density at radius 1 is 1.22 bits per heavy atom. The monoisotopic (exact) mass is 277 g/mol. The Kier molecular flexibility index (Phi) is 7.14. The van der Waals surface area contributed by atoms with Crippen LogP contribution in [0.2, 0.25) is 0 Å². The van der Waals surface area contributed by atoms with Crippen LogP contribution in [0.15, 0.2) is 0 Å². The number of nitrogens with zero attached hydrogens (tertiary/aromatic N) is 1. The van der Waals surface area contributed by atoms with Crippen LogP contribution in [0.5, 0.6) is 0 Å². The summed E-state index contributed by atoms with van der Waals surface area (Å²) in [5.74, 6) is 0. The first-order chi connectivity index (χ1) is 8.56. The lowest BCUT2D eigenvalue weighted by molar-refractivity contribution is 0.435. The zero-order valence-electron chi connectivity index (χ0n) is 11.6. The average Bonchev–Trinajstić information content (AvgIpc) is 2.80. The first-order valence-corrected chi connectivity index (χ1v) is 8.44. The predicted octanol–water partition coefficient (Wildman–Crippen LogP) is 1.08. The minimum atomic E-state index is -3.28. The van der Waals surface area contributed by atoms with Crippen LogP contribution in [0.4, 0.5) is 0 Å². The molecule has 0 unspecified atom stereocenters. The van der Waals surface area contributed by atoms with E-state index in [0.717, 1.165) is 51.6 Å². The van der Waals surface area contributed by atoms with Gasteiger partial charge in [0.25, 0.3) is 10.2 Å². The largest absolute Gasteiger partial charge is 0.317 e. The van der Waals surface area contributed by atoms with Crippen molar-refractivity contribution in [3.63, 3.8) is 0 Å². The minimum absolute atomic E-state index is 0.149. The smallest absolute Gasteiger partial charge is 0.279 e. The van der Waals surface area contributed by atoms with Gasteiger partial charge in [-0.2, -0.15) is 17.4 Å². The summed E-state index contributed by atoms with van der Waals surface area (Å²) in [5, 5.41) is 3.27. The zero-order chi connectivity index (χ0) is 13.4. The van der Waals surface area contributed by atoms with Gasteiger partial charge in [-0.1, -0.05) is 19.8 Å². The van der Waals surface area contributed by atoms with Gasteiger partial charge in [0.1, 0.15) is 0 Å². The summed E-state index contributed by atoms with van der Waals surface area (Å²) in [6.45, 7) is 4.56. The van der Waals surface area contributed by atoms with E-state index in [-0.39, 0.29) is 6.04 Å². The highest BCUT2D eigenvalue weighted by atomic mass is 32.2. The Morgan fingerprint density at radius 2 is 1.89 bits per heavy atom. The number of rotatable bonds is 9. The Labute approximate surface area is 112 Å². The van der Waals surface area contributed by atoms with Crippen molar-refractivity contribution in [1.82, 2.24) is 14.3 Å². The molecule has 1 rings (SSSR count). The van der Waals surface area contributed by atoms with E-state index in [2.05, 4.69) is 17.0 Å². The fraction of sp³-hybridized carbons (Fsp3) is 1.00. The lowest BCUT2D eigenvalue weighted by Crippen LogP contribution is -2.43. The average molecular weight is 277 g/mol. The third-order valence-corrected chi connectivity index (χ3v) is 4.97. The summed E-state index contributed by atoms with van der Waals surface area (Å²) in [7, 11) is -1.63. The molecule has 1 aliphatic carbocycles. The molecule has 1 fully saturated rings. The molecule has 18 heavy (non-hydrogen) atoms. The quantitative estimate of drug-likeness (QED) is 0.620. The molecule has 0 aromatic carbocycles. The van der Waals surface area contributed by atoms with Crippen LogP contribution in [0.1, 0.15) is 45.4 Å². The Balaban J connectivity index is 2.23. The molecular weight excluding hydrogens is 250 g/mol. The van der Waals surface area contributed by atoms with Crippen LogP contribution in [-0.2, 0) is 10.2 Å². The summed E-state index contributed by atoms with van der Waals surface area (Å²) < 4.78 is 28.2. The van der Waals surface area contributed by atoms with Crippen LogP contribution < -0.4 is 10.0 Å². The number of nitrogens with one attached hydrogen (secondary N) is 2. The van der Waals surface area contributed by atoms with Crippen molar-refractivity contribution < 1.29 is 8.42 Å². The van der Waals surface area contributed by atoms with Gasteiger partial charge in [-0.3, -0.25) is 0 Å². The topological polar surface area (TPSA) is 61.4 Å². The van der Waals surface area contributed by atoms with Crippen molar-refractivity contribution in [3.05, 3.63) is 0 Å². The van der Waals surface area contributed by atoms with E-state index in [1.807, 2.05) is 0 Å². The minimum Gasteiger partial charge on any atom is -0.317 e. The van der Waals surface area contributed by atoms with Crippen LogP contribution in [0.3, 0.4) is 0 Å². The summed E-state index contributed by atoms with van der Waals surface area (Å²) >= 11 is 0. The molecule has 0 bridgehead atoms. The Bertz CT molecular complexity index is 313. The second-order valence-corrected chi connectivity index (χ2v) is 6.84. The van der Waals surface area contributed by atoms with Gasteiger partial charge in [-0.15, -0.1) is 0 Å². The first kappa shape index (κ1) is 15.9. The molecule has 0 aromatic rings. The molecule has 0 heterocycles. The fourth-order valence-electron chi connectivity index (χ4n) is 2.19. The van der Waals surface area contributed by atoms with E-state index in [9.17, 15) is 8.42 Å². The number of hydrogen-bond acceptors (Lipinski definition) is 3. The van der Waals surface area contributed by atoms with E-state index >= 15 is 0 Å². The number of hydrogen-bond donors (Lipinski definition) is 2. The maximum atomic E-state index is 12.0. The molecule has 0 spiro atoms. The van der Waals surface area contributed by atoms with Gasteiger partial charge in [0.15, 0.2) is 0 Å². The van der Waals surface area contributed by atoms with E-state index in [0.29, 0.717) is 6.54 Å². The van der Waals surface area contributed by atoms with Crippen LogP contribution in [0, 0.1) is 0 Å². The molecule has 0 saturated heterocycles. The second-order valence-electron chi connectivity index (χ2n) is 5.03. The van der Waals surface area contributed by atoms with Gasteiger partial charge in [0.05, 0.1) is 0 Å². The molecule has 0 amide bonds. The van der Waals surface area contributed by atoms with Crippen molar-refractivity contribution in [3.8, 4) is 0 Å². The third-order valence-electron chi connectivity index (χ3n) is 3.33. The summed E-state index contributed by atoms with van der Waals surface area (Å²) in [6, 6.07) is 0.149. The SMILES string of the molecule is CCCNCCCN(C)S(=O)(=O)NC1CCCC1. The second kappa shape index (κ2) is 8.09. The predicted molar refractivity (Wildman–Crippen MR) is 74.7 cm³/mol. The Hall–Kier alpha value is -0.170. The van der Waals surface area contributed by atoms with E-state index < -0.39 is 10.2 Å². The molecule has 0 aromatic heterocycles. The van der Waals surface area contributed by atoms with E-state index in [1.54, 1.807) is 7.05 Å². The molecule has 6 heteroatoms. The van der Waals surface area contributed by atoms with Crippen molar-refractivity contribution in [1.29, 1.82) is 0 Å². The molecule has 5 nitrogen and oxygen atoms in total. The van der Waals surface area contributed by atoms with Gasteiger partial charge in [-0.25, -0.2) is 0 Å². The highest BCUT2D eigenvalue weighted by Gasteiger charge is 2.24. The van der Waals surface area contributed by atoms with Crippen LogP contribution in [-0.4, -0.2) is 45.4 Å². The molecule has 2 N–H and O–H groups in total. The van der Waals surface area contributed by atoms with Crippen molar-refractivity contribution >= 4 is 10.2 Å². The molecule has 0 radical (unpaired) electrons. The highest BCUT2D eigenvalue weighted by molar-refractivity contribution is 7.87. The van der Waals surface area contributed by atoms with Gasteiger partial charge in [-0.05, 0) is 38.8 Å². The van der Waals surface area contributed by atoms with Crippen LogP contribution >= 0.6 is 0 Å². The van der Waals surface area contributed by atoms with Crippen molar-refractivity contribution in [2.75, 3.05) is 26.7 Å². The van der Waals surface area contributed by atoms with Gasteiger partial charge >= 0.3 is 0 Å². The van der Waals surface area contributed by atoms with E-state index in [4.69, 9.17) is 0 Å². The summed E-state index contributed by atoms with van der Waals surface area (Å²) in [6.07, 6.45) is 6.19. The molecule has 0 atom stereocenters. The van der Waals surface area contributed by atoms with Crippen molar-refractivity contribution in [2.24, 2.45) is 0 Å².